The predicted octanol–water partition coefficient (Wildman–Crippen LogP) is 5.83. The number of rotatable bonds is 7. The monoisotopic (exact) mass is 486 g/mol. The highest BCUT2D eigenvalue weighted by atomic mass is 32.1. The maximum atomic E-state index is 11.6. The minimum Gasteiger partial charge on any atom is -0.494 e. The summed E-state index contributed by atoms with van der Waals surface area (Å²) in [5.41, 5.74) is 2.06. The molecule has 0 amide bonds. The summed E-state index contributed by atoms with van der Waals surface area (Å²) in [7, 11) is 0. The first-order chi connectivity index (χ1) is 17.1. The number of hydrogen-bond donors (Lipinski definition) is 1. The van der Waals surface area contributed by atoms with E-state index in [4.69, 9.17) is 21.4 Å². The van der Waals surface area contributed by atoms with E-state index in [0.717, 1.165) is 17.1 Å². The van der Waals surface area contributed by atoms with Gasteiger partial charge in [0.1, 0.15) is 23.3 Å². The molecule has 1 saturated heterocycles. The number of ether oxygens (including phenoxy) is 1. The van der Waals surface area contributed by atoms with Crippen molar-refractivity contribution in [2.24, 2.45) is 0 Å². The van der Waals surface area contributed by atoms with Gasteiger partial charge >= 0.3 is 0 Å². The number of nitro groups is 1. The van der Waals surface area contributed by atoms with E-state index in [9.17, 15) is 10.1 Å². The second-order valence-electron chi connectivity index (χ2n) is 7.90. The van der Waals surface area contributed by atoms with Crippen LogP contribution >= 0.6 is 12.2 Å². The fraction of sp³-hybridized carbons (Fsp3) is 0.154. The number of nitrogens with one attached hydrogen (secondary N) is 1. The van der Waals surface area contributed by atoms with Gasteiger partial charge < -0.3 is 19.4 Å². The number of anilines is 1. The summed E-state index contributed by atoms with van der Waals surface area (Å²) >= 11 is 5.74. The Morgan fingerprint density at radius 2 is 1.86 bits per heavy atom. The average molecular weight is 487 g/mol. The van der Waals surface area contributed by atoms with Crippen molar-refractivity contribution >= 4 is 28.7 Å². The fourth-order valence-electron chi connectivity index (χ4n) is 4.29. The molecule has 2 aromatic heterocycles. The maximum absolute atomic E-state index is 11.6. The summed E-state index contributed by atoms with van der Waals surface area (Å²) in [6.45, 7) is 2.51. The molecule has 1 aliphatic rings. The van der Waals surface area contributed by atoms with Crippen molar-refractivity contribution in [3.05, 3.63) is 107 Å². The number of furan rings is 1. The molecule has 35 heavy (non-hydrogen) atoms. The summed E-state index contributed by atoms with van der Waals surface area (Å²) in [5.74, 6) is 1.79. The van der Waals surface area contributed by atoms with E-state index in [1.54, 1.807) is 30.5 Å². The number of nitro benzene ring substituents is 1. The molecule has 176 valence electrons. The van der Waals surface area contributed by atoms with Gasteiger partial charge in [0.25, 0.3) is 5.69 Å². The summed E-state index contributed by atoms with van der Waals surface area (Å²) < 4.78 is 11.8. The zero-order chi connectivity index (χ0) is 24.4. The first kappa shape index (κ1) is 22.5. The molecule has 2 atom stereocenters. The smallest absolute Gasteiger partial charge is 0.280 e. The van der Waals surface area contributed by atoms with Crippen LogP contribution in [0.15, 0.2) is 89.5 Å². The summed E-state index contributed by atoms with van der Waals surface area (Å²) in [6.07, 6.45) is 1.73. The first-order valence-corrected chi connectivity index (χ1v) is 11.5. The van der Waals surface area contributed by atoms with Gasteiger partial charge in [0, 0.05) is 18.0 Å². The van der Waals surface area contributed by atoms with E-state index in [0.29, 0.717) is 28.8 Å². The molecule has 0 radical (unpaired) electrons. The van der Waals surface area contributed by atoms with Gasteiger partial charge in [-0.3, -0.25) is 15.1 Å². The molecule has 5 rings (SSSR count). The molecule has 3 heterocycles. The molecule has 0 unspecified atom stereocenters. The molecule has 1 aliphatic heterocycles. The van der Waals surface area contributed by atoms with Crippen molar-refractivity contribution in [3.8, 4) is 17.1 Å². The van der Waals surface area contributed by atoms with Gasteiger partial charge in [0.15, 0.2) is 5.11 Å². The van der Waals surface area contributed by atoms with Crippen LogP contribution in [0.1, 0.15) is 30.5 Å². The Morgan fingerprint density at radius 1 is 1.09 bits per heavy atom. The lowest BCUT2D eigenvalue weighted by molar-refractivity contribution is -0.384. The van der Waals surface area contributed by atoms with Crippen LogP contribution in [0.5, 0.6) is 5.75 Å². The third-order valence-corrected chi connectivity index (χ3v) is 6.12. The Balaban J connectivity index is 1.58. The highest BCUT2D eigenvalue weighted by Crippen LogP contribution is 2.43. The van der Waals surface area contributed by atoms with Crippen LogP contribution in [0, 0.1) is 10.1 Å². The van der Waals surface area contributed by atoms with E-state index in [2.05, 4.69) is 10.3 Å². The van der Waals surface area contributed by atoms with Crippen LogP contribution in [0.2, 0.25) is 0 Å². The summed E-state index contributed by atoms with van der Waals surface area (Å²) in [4.78, 5) is 17.7. The van der Waals surface area contributed by atoms with Crippen LogP contribution < -0.4 is 15.0 Å². The molecule has 4 aromatic rings. The van der Waals surface area contributed by atoms with Crippen LogP contribution in [0.4, 0.5) is 11.4 Å². The standard InChI is InChI=1S/C26H22N4O4S/c1-2-33-18-12-10-17(11-13-18)29-25(24(28-26(29)35)20-8-5-6-16-27-20)23-15-14-22(34-23)19-7-3-4-9-21(19)30(31)32/h3-16,24-25H,2H2,1H3,(H,28,35)/t24-,25+/m0/s1. The molecule has 2 aromatic carbocycles. The van der Waals surface area contributed by atoms with E-state index in [-0.39, 0.29) is 17.8 Å². The van der Waals surface area contributed by atoms with E-state index < -0.39 is 4.92 Å². The Hall–Kier alpha value is -4.24. The highest BCUT2D eigenvalue weighted by molar-refractivity contribution is 7.80. The average Bonchev–Trinajstić information content (AvgIpc) is 3.50. The SMILES string of the molecule is CCOc1ccc(N2C(=S)N[C@@H](c3ccccn3)[C@H]2c2ccc(-c3ccccc3[N+](=O)[O-])o2)cc1. The molecule has 1 fully saturated rings. The molecule has 0 aliphatic carbocycles. The second-order valence-corrected chi connectivity index (χ2v) is 8.29. The van der Waals surface area contributed by atoms with Gasteiger partial charge in [-0.1, -0.05) is 18.2 Å². The Labute approximate surface area is 207 Å². The molecule has 0 spiro atoms. The zero-order valence-corrected chi connectivity index (χ0v) is 19.6. The normalized spacial score (nSPS) is 17.3. The fourth-order valence-corrected chi connectivity index (χ4v) is 4.64. The van der Waals surface area contributed by atoms with Crippen molar-refractivity contribution < 1.29 is 14.1 Å². The molecular formula is C26H22N4O4S. The van der Waals surface area contributed by atoms with E-state index in [1.165, 1.54) is 6.07 Å². The lowest BCUT2D eigenvalue weighted by Crippen LogP contribution is -2.29. The summed E-state index contributed by atoms with van der Waals surface area (Å²) in [5, 5.41) is 15.5. The minimum absolute atomic E-state index is 0.0156. The number of para-hydroxylation sites is 1. The number of hydrogen-bond acceptors (Lipinski definition) is 6. The van der Waals surface area contributed by atoms with Crippen molar-refractivity contribution in [2.45, 2.75) is 19.0 Å². The Bertz CT molecular complexity index is 1360. The maximum Gasteiger partial charge on any atom is 0.280 e. The summed E-state index contributed by atoms with van der Waals surface area (Å²) in [6, 6.07) is 22.8. The second kappa shape index (κ2) is 9.55. The number of aromatic nitrogens is 1. The van der Waals surface area contributed by atoms with Crippen molar-refractivity contribution in [2.75, 3.05) is 11.5 Å². The van der Waals surface area contributed by atoms with E-state index >= 15 is 0 Å². The molecule has 0 bridgehead atoms. The molecule has 8 nitrogen and oxygen atoms in total. The molecule has 0 saturated carbocycles. The van der Waals surface area contributed by atoms with Crippen LogP contribution in [0.25, 0.3) is 11.3 Å². The van der Waals surface area contributed by atoms with Crippen LogP contribution in [0.3, 0.4) is 0 Å². The van der Waals surface area contributed by atoms with Crippen LogP contribution in [-0.4, -0.2) is 21.6 Å². The van der Waals surface area contributed by atoms with Gasteiger partial charge in [-0.25, -0.2) is 0 Å². The molecular weight excluding hydrogens is 464 g/mol. The number of pyridine rings is 1. The largest absolute Gasteiger partial charge is 0.494 e. The number of benzene rings is 2. The lowest BCUT2D eigenvalue weighted by Gasteiger charge is -2.26. The first-order valence-electron chi connectivity index (χ1n) is 11.1. The van der Waals surface area contributed by atoms with Crippen molar-refractivity contribution in [3.63, 3.8) is 0 Å². The van der Waals surface area contributed by atoms with Gasteiger partial charge in [0.05, 0.1) is 28.8 Å². The Kier molecular flexibility index (Phi) is 6.15. The topological polar surface area (TPSA) is 93.7 Å². The molecule has 1 N–H and O–H groups in total. The van der Waals surface area contributed by atoms with Gasteiger partial charge in [-0.15, -0.1) is 0 Å². The van der Waals surface area contributed by atoms with E-state index in [1.807, 2.05) is 60.4 Å². The predicted molar refractivity (Wildman–Crippen MR) is 136 cm³/mol. The van der Waals surface area contributed by atoms with Crippen molar-refractivity contribution in [1.82, 2.24) is 10.3 Å². The van der Waals surface area contributed by atoms with Crippen LogP contribution in [-0.2, 0) is 0 Å². The molecule has 9 heteroatoms. The lowest BCUT2D eigenvalue weighted by atomic mass is 10.0. The number of thiocarbonyl (C=S) groups is 1. The van der Waals surface area contributed by atoms with Gasteiger partial charge in [-0.05, 0) is 73.7 Å². The minimum atomic E-state index is -0.410. The van der Waals surface area contributed by atoms with Crippen molar-refractivity contribution in [1.29, 1.82) is 0 Å². The quantitative estimate of drug-likeness (QED) is 0.198. The zero-order valence-electron chi connectivity index (χ0n) is 18.8. The van der Waals surface area contributed by atoms with Gasteiger partial charge in [-0.2, -0.15) is 0 Å². The number of nitrogens with zero attached hydrogens (tertiary/aromatic N) is 3. The third kappa shape index (κ3) is 4.33. The highest BCUT2D eigenvalue weighted by Gasteiger charge is 2.42. The third-order valence-electron chi connectivity index (χ3n) is 5.81. The van der Waals surface area contributed by atoms with Gasteiger partial charge in [0.2, 0.25) is 0 Å². The Morgan fingerprint density at radius 3 is 2.57 bits per heavy atom.